The quantitative estimate of drug-likeness (QED) is 0.774. The molecule has 6 heteroatoms. The average molecular weight is 316 g/mol. The standard InChI is InChI=1S/C13H8Cl2FNOS/c14-9-2-1-3-10(15)12(9)17-13(18)8-6-7(19)4-5-11(8)16/h1-6,19H,(H,17,18). The first-order valence-corrected chi connectivity index (χ1v) is 6.43. The van der Waals surface area contributed by atoms with Gasteiger partial charge in [-0.3, -0.25) is 4.79 Å². The summed E-state index contributed by atoms with van der Waals surface area (Å²) < 4.78 is 13.6. The Morgan fingerprint density at radius 3 is 2.42 bits per heavy atom. The van der Waals surface area contributed by atoms with E-state index in [9.17, 15) is 9.18 Å². The molecule has 2 rings (SSSR count). The maximum absolute atomic E-state index is 13.6. The highest BCUT2D eigenvalue weighted by Crippen LogP contribution is 2.30. The Bertz CT molecular complexity index is 628. The molecule has 0 aliphatic rings. The molecule has 0 atom stereocenters. The number of carbonyl (C=O) groups excluding carboxylic acids is 1. The molecule has 0 radical (unpaired) electrons. The lowest BCUT2D eigenvalue weighted by molar-refractivity contribution is 0.102. The maximum atomic E-state index is 13.6. The van der Waals surface area contributed by atoms with Gasteiger partial charge in [0.2, 0.25) is 0 Å². The normalized spacial score (nSPS) is 10.3. The van der Waals surface area contributed by atoms with Crippen LogP contribution in [0, 0.1) is 5.82 Å². The van der Waals surface area contributed by atoms with Crippen LogP contribution in [-0.2, 0) is 0 Å². The van der Waals surface area contributed by atoms with Crippen LogP contribution in [0.4, 0.5) is 10.1 Å². The molecule has 0 aliphatic heterocycles. The molecule has 0 bridgehead atoms. The van der Waals surface area contributed by atoms with Gasteiger partial charge < -0.3 is 5.32 Å². The summed E-state index contributed by atoms with van der Waals surface area (Å²) in [4.78, 5) is 12.5. The molecule has 0 saturated carbocycles. The number of para-hydroxylation sites is 1. The van der Waals surface area contributed by atoms with E-state index in [-0.39, 0.29) is 21.3 Å². The molecule has 1 amide bonds. The molecule has 0 aromatic heterocycles. The van der Waals surface area contributed by atoms with Gasteiger partial charge in [-0.25, -0.2) is 4.39 Å². The van der Waals surface area contributed by atoms with Gasteiger partial charge >= 0.3 is 0 Å². The number of hydrogen-bond donors (Lipinski definition) is 2. The van der Waals surface area contributed by atoms with Crippen molar-refractivity contribution >= 4 is 47.4 Å². The minimum Gasteiger partial charge on any atom is -0.319 e. The monoisotopic (exact) mass is 315 g/mol. The number of hydrogen-bond acceptors (Lipinski definition) is 2. The van der Waals surface area contributed by atoms with Crippen molar-refractivity contribution in [1.29, 1.82) is 0 Å². The third kappa shape index (κ3) is 3.21. The minimum absolute atomic E-state index is 0.122. The summed E-state index contributed by atoms with van der Waals surface area (Å²) in [5.74, 6) is -1.28. The fourth-order valence-electron chi connectivity index (χ4n) is 1.49. The summed E-state index contributed by atoms with van der Waals surface area (Å²) in [6.07, 6.45) is 0. The van der Waals surface area contributed by atoms with Gasteiger partial charge in [0.15, 0.2) is 0 Å². The number of anilines is 1. The number of carbonyl (C=O) groups is 1. The van der Waals surface area contributed by atoms with Crippen molar-refractivity contribution in [2.45, 2.75) is 4.90 Å². The summed E-state index contributed by atoms with van der Waals surface area (Å²) in [5.41, 5.74) is 0.128. The third-order valence-corrected chi connectivity index (χ3v) is 3.30. The van der Waals surface area contributed by atoms with Crippen LogP contribution in [0.5, 0.6) is 0 Å². The van der Waals surface area contributed by atoms with Crippen molar-refractivity contribution < 1.29 is 9.18 Å². The van der Waals surface area contributed by atoms with Gasteiger partial charge in [0, 0.05) is 4.90 Å². The predicted octanol–water partition coefficient (Wildman–Crippen LogP) is 4.67. The second-order valence-electron chi connectivity index (χ2n) is 3.71. The Labute approximate surface area is 124 Å². The minimum atomic E-state index is -0.640. The highest BCUT2D eigenvalue weighted by Gasteiger charge is 2.15. The SMILES string of the molecule is O=C(Nc1c(Cl)cccc1Cl)c1cc(S)ccc1F. The lowest BCUT2D eigenvalue weighted by Gasteiger charge is -2.10. The maximum Gasteiger partial charge on any atom is 0.258 e. The molecule has 0 aliphatic carbocycles. The fraction of sp³-hybridized carbons (Fsp3) is 0. The highest BCUT2D eigenvalue weighted by molar-refractivity contribution is 7.80. The summed E-state index contributed by atoms with van der Waals surface area (Å²) in [6, 6.07) is 8.76. The van der Waals surface area contributed by atoms with Crippen LogP contribution >= 0.6 is 35.8 Å². The zero-order valence-electron chi connectivity index (χ0n) is 9.45. The van der Waals surface area contributed by atoms with E-state index < -0.39 is 11.7 Å². The summed E-state index contributed by atoms with van der Waals surface area (Å²) >= 11 is 15.9. The van der Waals surface area contributed by atoms with E-state index in [0.29, 0.717) is 4.90 Å². The zero-order valence-corrected chi connectivity index (χ0v) is 11.9. The molecule has 0 heterocycles. The van der Waals surface area contributed by atoms with Gasteiger partial charge in [0.25, 0.3) is 5.91 Å². The Morgan fingerprint density at radius 1 is 1.16 bits per heavy atom. The number of nitrogens with one attached hydrogen (secondary N) is 1. The van der Waals surface area contributed by atoms with Crippen molar-refractivity contribution in [1.82, 2.24) is 0 Å². The number of halogens is 3. The second kappa shape index (κ2) is 5.82. The summed E-state index contributed by atoms with van der Waals surface area (Å²) in [5, 5.41) is 3.05. The van der Waals surface area contributed by atoms with E-state index in [1.165, 1.54) is 18.2 Å². The molecule has 0 saturated heterocycles. The molecule has 19 heavy (non-hydrogen) atoms. The van der Waals surface area contributed by atoms with Crippen LogP contribution in [0.2, 0.25) is 10.0 Å². The number of thiol groups is 1. The molecule has 2 aromatic carbocycles. The largest absolute Gasteiger partial charge is 0.319 e. The lowest BCUT2D eigenvalue weighted by atomic mass is 10.2. The first-order valence-electron chi connectivity index (χ1n) is 5.23. The van der Waals surface area contributed by atoms with E-state index in [0.717, 1.165) is 0 Å². The van der Waals surface area contributed by atoms with Gasteiger partial charge in [0.05, 0.1) is 21.3 Å². The zero-order chi connectivity index (χ0) is 14.0. The Kier molecular flexibility index (Phi) is 4.34. The first kappa shape index (κ1) is 14.2. The van der Waals surface area contributed by atoms with E-state index in [2.05, 4.69) is 17.9 Å². The van der Waals surface area contributed by atoms with Crippen LogP contribution in [-0.4, -0.2) is 5.91 Å². The molecule has 0 unspecified atom stereocenters. The summed E-state index contributed by atoms with van der Waals surface area (Å²) in [7, 11) is 0. The first-order chi connectivity index (χ1) is 8.99. The van der Waals surface area contributed by atoms with Crippen LogP contribution in [0.15, 0.2) is 41.3 Å². The molecule has 2 nitrogen and oxygen atoms in total. The third-order valence-electron chi connectivity index (χ3n) is 2.40. The molecule has 1 N–H and O–H groups in total. The Morgan fingerprint density at radius 2 is 1.79 bits per heavy atom. The number of amides is 1. The van der Waals surface area contributed by atoms with E-state index in [1.54, 1.807) is 18.2 Å². The Balaban J connectivity index is 2.34. The van der Waals surface area contributed by atoms with Crippen LogP contribution in [0.25, 0.3) is 0 Å². The molecule has 98 valence electrons. The van der Waals surface area contributed by atoms with Crippen molar-refractivity contribution in [3.05, 3.63) is 57.8 Å². The lowest BCUT2D eigenvalue weighted by Crippen LogP contribution is -2.14. The average Bonchev–Trinajstić information content (AvgIpc) is 2.37. The van der Waals surface area contributed by atoms with Crippen LogP contribution < -0.4 is 5.32 Å². The van der Waals surface area contributed by atoms with E-state index >= 15 is 0 Å². The smallest absolute Gasteiger partial charge is 0.258 e. The molecule has 0 fully saturated rings. The van der Waals surface area contributed by atoms with Crippen molar-refractivity contribution in [2.75, 3.05) is 5.32 Å². The molecule has 0 spiro atoms. The second-order valence-corrected chi connectivity index (χ2v) is 5.05. The van der Waals surface area contributed by atoms with E-state index in [1.807, 2.05) is 0 Å². The van der Waals surface area contributed by atoms with Crippen LogP contribution in [0.3, 0.4) is 0 Å². The fourth-order valence-corrected chi connectivity index (χ4v) is 2.18. The Hall–Kier alpha value is -1.23. The van der Waals surface area contributed by atoms with Gasteiger partial charge in [-0.2, -0.15) is 0 Å². The molecule has 2 aromatic rings. The van der Waals surface area contributed by atoms with Gasteiger partial charge in [-0.1, -0.05) is 29.3 Å². The molecular weight excluding hydrogens is 308 g/mol. The van der Waals surface area contributed by atoms with Gasteiger partial charge in [0.1, 0.15) is 5.82 Å². The highest BCUT2D eigenvalue weighted by atomic mass is 35.5. The van der Waals surface area contributed by atoms with Gasteiger partial charge in [-0.05, 0) is 30.3 Å². The van der Waals surface area contributed by atoms with E-state index in [4.69, 9.17) is 23.2 Å². The van der Waals surface area contributed by atoms with Crippen molar-refractivity contribution in [3.8, 4) is 0 Å². The predicted molar refractivity (Wildman–Crippen MR) is 78.1 cm³/mol. The van der Waals surface area contributed by atoms with Crippen molar-refractivity contribution in [2.24, 2.45) is 0 Å². The van der Waals surface area contributed by atoms with Crippen molar-refractivity contribution in [3.63, 3.8) is 0 Å². The molecular formula is C13H8Cl2FNOS. The number of benzene rings is 2. The number of rotatable bonds is 2. The van der Waals surface area contributed by atoms with Gasteiger partial charge in [-0.15, -0.1) is 12.6 Å². The topological polar surface area (TPSA) is 29.1 Å². The van der Waals surface area contributed by atoms with Crippen LogP contribution in [0.1, 0.15) is 10.4 Å². The summed E-state index contributed by atoms with van der Waals surface area (Å²) in [6.45, 7) is 0.